The van der Waals surface area contributed by atoms with Gasteiger partial charge in [0.15, 0.2) is 17.3 Å². The molecule has 0 radical (unpaired) electrons. The molecule has 3 rings (SSSR count). The number of nitro benzene ring substituents is 1. The van der Waals surface area contributed by atoms with Gasteiger partial charge in [-0.1, -0.05) is 5.16 Å². The third-order valence-electron chi connectivity index (χ3n) is 3.67. The molecule has 28 heavy (non-hydrogen) atoms. The molecular formula is C18H16N2O8. The van der Waals surface area contributed by atoms with Crippen LogP contribution in [0.4, 0.5) is 5.69 Å². The Balaban J connectivity index is 1.79. The van der Waals surface area contributed by atoms with Crippen molar-refractivity contribution in [2.24, 2.45) is 0 Å². The van der Waals surface area contributed by atoms with Gasteiger partial charge in [0, 0.05) is 12.1 Å². The average Bonchev–Trinajstić information content (AvgIpc) is 3.37. The quantitative estimate of drug-likeness (QED) is 0.323. The van der Waals surface area contributed by atoms with Gasteiger partial charge in [0.2, 0.25) is 5.76 Å². The highest BCUT2D eigenvalue weighted by Gasteiger charge is 2.26. The van der Waals surface area contributed by atoms with E-state index < -0.39 is 16.6 Å². The summed E-state index contributed by atoms with van der Waals surface area (Å²) in [5, 5.41) is 15.1. The van der Waals surface area contributed by atoms with Crippen molar-refractivity contribution in [3.63, 3.8) is 0 Å². The van der Waals surface area contributed by atoms with E-state index in [1.165, 1.54) is 19.4 Å². The van der Waals surface area contributed by atoms with E-state index in [4.69, 9.17) is 23.2 Å². The van der Waals surface area contributed by atoms with Crippen molar-refractivity contribution in [2.45, 2.75) is 13.5 Å². The summed E-state index contributed by atoms with van der Waals surface area (Å²) in [4.78, 5) is 23.1. The van der Waals surface area contributed by atoms with Crippen LogP contribution in [0.1, 0.15) is 23.0 Å². The third-order valence-corrected chi connectivity index (χ3v) is 3.67. The van der Waals surface area contributed by atoms with Crippen LogP contribution in [0.2, 0.25) is 0 Å². The van der Waals surface area contributed by atoms with E-state index in [-0.39, 0.29) is 30.3 Å². The molecular weight excluding hydrogens is 372 g/mol. The number of hydrogen-bond donors (Lipinski definition) is 0. The van der Waals surface area contributed by atoms with Gasteiger partial charge < -0.3 is 23.2 Å². The Morgan fingerprint density at radius 2 is 2.07 bits per heavy atom. The third kappa shape index (κ3) is 3.95. The molecule has 0 saturated carbocycles. The SMILES string of the molecule is CCOc1cc(C(=O)OCc2cc(-c3ccco3)on2)c([N+](=O)[O-])cc1OC. The Morgan fingerprint density at radius 3 is 2.71 bits per heavy atom. The van der Waals surface area contributed by atoms with Crippen LogP contribution >= 0.6 is 0 Å². The Morgan fingerprint density at radius 1 is 1.25 bits per heavy atom. The van der Waals surface area contributed by atoms with Gasteiger partial charge in [0.25, 0.3) is 5.69 Å². The van der Waals surface area contributed by atoms with Crippen molar-refractivity contribution in [1.29, 1.82) is 0 Å². The van der Waals surface area contributed by atoms with Gasteiger partial charge >= 0.3 is 5.97 Å². The van der Waals surface area contributed by atoms with E-state index in [0.29, 0.717) is 17.2 Å². The fourth-order valence-corrected chi connectivity index (χ4v) is 2.42. The fourth-order valence-electron chi connectivity index (χ4n) is 2.42. The molecule has 3 aromatic rings. The fraction of sp³-hybridized carbons (Fsp3) is 0.222. The summed E-state index contributed by atoms with van der Waals surface area (Å²) in [6, 6.07) is 7.26. The molecule has 0 saturated heterocycles. The van der Waals surface area contributed by atoms with E-state index in [1.54, 1.807) is 25.1 Å². The number of methoxy groups -OCH3 is 1. The molecule has 0 bridgehead atoms. The zero-order valence-electron chi connectivity index (χ0n) is 15.0. The average molecular weight is 388 g/mol. The lowest BCUT2D eigenvalue weighted by molar-refractivity contribution is -0.385. The maximum absolute atomic E-state index is 12.4. The van der Waals surface area contributed by atoms with Gasteiger partial charge in [-0.2, -0.15) is 0 Å². The number of aromatic nitrogens is 1. The lowest BCUT2D eigenvalue weighted by Crippen LogP contribution is -2.10. The molecule has 0 spiro atoms. The highest BCUT2D eigenvalue weighted by atomic mass is 16.6. The van der Waals surface area contributed by atoms with Gasteiger partial charge in [-0.25, -0.2) is 4.79 Å². The minimum absolute atomic E-state index is 0.143. The molecule has 0 unspecified atom stereocenters. The number of furan rings is 1. The molecule has 0 fully saturated rings. The first-order valence-electron chi connectivity index (χ1n) is 8.19. The van der Waals surface area contributed by atoms with E-state index in [0.717, 1.165) is 6.07 Å². The summed E-state index contributed by atoms with van der Waals surface area (Å²) in [5.74, 6) is 0.272. The van der Waals surface area contributed by atoms with Crippen LogP contribution in [0.5, 0.6) is 11.5 Å². The minimum Gasteiger partial charge on any atom is -0.493 e. The molecule has 2 aromatic heterocycles. The summed E-state index contributed by atoms with van der Waals surface area (Å²) in [7, 11) is 1.35. The number of rotatable bonds is 8. The Bertz CT molecular complexity index is 978. The van der Waals surface area contributed by atoms with Gasteiger partial charge in [-0.15, -0.1) is 0 Å². The first-order chi connectivity index (χ1) is 13.5. The predicted molar refractivity (Wildman–Crippen MR) is 94.1 cm³/mol. The van der Waals surface area contributed by atoms with Gasteiger partial charge in [0.1, 0.15) is 17.9 Å². The molecule has 146 valence electrons. The molecule has 2 heterocycles. The van der Waals surface area contributed by atoms with Crippen molar-refractivity contribution in [2.75, 3.05) is 13.7 Å². The topological polar surface area (TPSA) is 127 Å². The molecule has 0 aliphatic rings. The molecule has 0 atom stereocenters. The van der Waals surface area contributed by atoms with Crippen LogP contribution in [0.15, 0.2) is 45.5 Å². The summed E-state index contributed by atoms with van der Waals surface area (Å²) in [6.45, 7) is 1.79. The second-order valence-corrected chi connectivity index (χ2v) is 5.45. The molecule has 1 aromatic carbocycles. The summed E-state index contributed by atoms with van der Waals surface area (Å²) in [5.41, 5.74) is -0.397. The largest absolute Gasteiger partial charge is 0.493 e. The van der Waals surface area contributed by atoms with Crippen LogP contribution < -0.4 is 9.47 Å². The molecule has 0 N–H and O–H groups in total. The second-order valence-electron chi connectivity index (χ2n) is 5.45. The van der Waals surface area contributed by atoms with Crippen molar-refractivity contribution >= 4 is 11.7 Å². The monoisotopic (exact) mass is 388 g/mol. The maximum Gasteiger partial charge on any atom is 0.345 e. The normalized spacial score (nSPS) is 10.5. The number of esters is 1. The first kappa shape index (κ1) is 19.0. The number of carbonyl (C=O) groups is 1. The number of hydrogen-bond acceptors (Lipinski definition) is 9. The molecule has 0 aliphatic carbocycles. The molecule has 10 nitrogen and oxygen atoms in total. The first-order valence-corrected chi connectivity index (χ1v) is 8.19. The van der Waals surface area contributed by atoms with E-state index >= 15 is 0 Å². The Labute approximate surface area is 158 Å². The smallest absolute Gasteiger partial charge is 0.345 e. The van der Waals surface area contributed by atoms with Crippen molar-refractivity contribution in [3.05, 3.63) is 58.0 Å². The summed E-state index contributed by atoms with van der Waals surface area (Å²) in [6.07, 6.45) is 1.48. The molecule has 10 heteroatoms. The summed E-state index contributed by atoms with van der Waals surface area (Å²) < 4.78 is 25.9. The standard InChI is InChI=1S/C18H16N2O8/c1-3-25-16-8-12(13(20(22)23)9-15(16)24-2)18(21)27-10-11-7-17(28-19-11)14-5-4-6-26-14/h4-9H,3,10H2,1-2H3. The second kappa shape index (κ2) is 8.25. The number of benzene rings is 1. The van der Waals surface area contributed by atoms with Crippen LogP contribution in [0, 0.1) is 10.1 Å². The maximum atomic E-state index is 12.4. The van der Waals surface area contributed by atoms with Crippen molar-refractivity contribution < 1.29 is 32.9 Å². The zero-order valence-corrected chi connectivity index (χ0v) is 15.0. The Hall–Kier alpha value is -3.82. The van der Waals surface area contributed by atoms with Crippen LogP contribution in [-0.4, -0.2) is 29.8 Å². The van der Waals surface area contributed by atoms with Crippen LogP contribution in [0.3, 0.4) is 0 Å². The Kier molecular flexibility index (Phi) is 5.58. The highest BCUT2D eigenvalue weighted by molar-refractivity contribution is 5.95. The minimum atomic E-state index is -0.905. The summed E-state index contributed by atoms with van der Waals surface area (Å²) >= 11 is 0. The van der Waals surface area contributed by atoms with Crippen molar-refractivity contribution in [1.82, 2.24) is 5.16 Å². The van der Waals surface area contributed by atoms with Gasteiger partial charge in [0.05, 0.1) is 31.0 Å². The molecule has 0 aliphatic heterocycles. The number of nitrogens with zero attached hydrogens (tertiary/aromatic N) is 2. The number of ether oxygens (including phenoxy) is 3. The van der Waals surface area contributed by atoms with Crippen LogP contribution in [-0.2, 0) is 11.3 Å². The van der Waals surface area contributed by atoms with Crippen LogP contribution in [0.25, 0.3) is 11.5 Å². The molecule has 0 amide bonds. The van der Waals surface area contributed by atoms with Crippen molar-refractivity contribution in [3.8, 4) is 23.0 Å². The number of carbonyl (C=O) groups excluding carboxylic acids is 1. The predicted octanol–water partition coefficient (Wildman–Crippen LogP) is 3.61. The van der Waals surface area contributed by atoms with E-state index in [2.05, 4.69) is 5.16 Å². The van der Waals surface area contributed by atoms with Gasteiger partial charge in [-0.3, -0.25) is 10.1 Å². The van der Waals surface area contributed by atoms with E-state index in [1.807, 2.05) is 0 Å². The number of nitro groups is 1. The zero-order chi connectivity index (χ0) is 20.1. The lowest BCUT2D eigenvalue weighted by Gasteiger charge is -2.11. The lowest BCUT2D eigenvalue weighted by atomic mass is 10.1. The van der Waals surface area contributed by atoms with E-state index in [9.17, 15) is 14.9 Å². The van der Waals surface area contributed by atoms with Gasteiger partial charge in [-0.05, 0) is 19.1 Å². The highest BCUT2D eigenvalue weighted by Crippen LogP contribution is 2.35.